The van der Waals surface area contributed by atoms with Crippen molar-refractivity contribution < 1.29 is 14.3 Å². The van der Waals surface area contributed by atoms with E-state index < -0.39 is 11.9 Å². The molecule has 2 aromatic rings. The molecule has 0 saturated heterocycles. The van der Waals surface area contributed by atoms with Crippen molar-refractivity contribution in [3.8, 4) is 0 Å². The zero-order valence-corrected chi connectivity index (χ0v) is 10.1. The van der Waals surface area contributed by atoms with E-state index in [-0.39, 0.29) is 0 Å². The Kier molecular flexibility index (Phi) is 2.13. The van der Waals surface area contributed by atoms with Crippen LogP contribution in [-0.4, -0.2) is 19.8 Å². The minimum Gasteiger partial charge on any atom is -0.386 e. The first-order valence-electron chi connectivity index (χ1n) is 4.87. The molecule has 1 aliphatic heterocycles. The van der Waals surface area contributed by atoms with Crippen LogP contribution in [0.15, 0.2) is 28.7 Å². The molecule has 0 amide bonds. The first kappa shape index (κ1) is 10.5. The van der Waals surface area contributed by atoms with Gasteiger partial charge in [-0.3, -0.25) is 0 Å². The molecule has 0 fully saturated rings. The van der Waals surface area contributed by atoms with Gasteiger partial charge in [0.05, 0.1) is 11.1 Å². The predicted molar refractivity (Wildman–Crippen MR) is 66.8 cm³/mol. The molecular weight excluding hydrogens is 283 g/mol. The summed E-state index contributed by atoms with van der Waals surface area (Å²) in [6, 6.07) is 6.53. The molecule has 1 aliphatic rings. The van der Waals surface area contributed by atoms with Gasteiger partial charge in [0, 0.05) is 9.86 Å². The lowest BCUT2D eigenvalue weighted by molar-refractivity contribution is 0.0391. The number of rotatable bonds is 0. The average Bonchev–Trinajstić information content (AvgIpc) is 2.28. The second-order valence-electron chi connectivity index (χ2n) is 3.72. The van der Waals surface area contributed by atoms with Crippen molar-refractivity contribution in [2.75, 3.05) is 0 Å². The maximum Gasteiger partial charge on any atom is 0.346 e. The molecule has 0 spiro atoms. The number of ether oxygens (including phenoxy) is 1. The number of carbonyl (C=O) groups is 2. The van der Waals surface area contributed by atoms with E-state index in [1.54, 1.807) is 24.3 Å². The van der Waals surface area contributed by atoms with Gasteiger partial charge in [-0.1, -0.05) is 27.5 Å². The van der Waals surface area contributed by atoms with Gasteiger partial charge in [-0.05, 0) is 23.6 Å². The summed E-state index contributed by atoms with van der Waals surface area (Å²) in [6.45, 7) is 0. The Labute approximate surface area is 106 Å². The molecule has 3 nitrogen and oxygen atoms in total. The zero-order valence-electron chi connectivity index (χ0n) is 8.49. The maximum atomic E-state index is 11.6. The Hall–Kier alpha value is -1.62. The van der Waals surface area contributed by atoms with E-state index in [1.807, 2.05) is 0 Å². The lowest BCUT2D eigenvalue weighted by Crippen LogP contribution is -2.21. The molecule has 80 valence electrons. The largest absolute Gasteiger partial charge is 0.386 e. The fourth-order valence-electron chi connectivity index (χ4n) is 2.01. The van der Waals surface area contributed by atoms with Gasteiger partial charge in [0.25, 0.3) is 0 Å². The SMILES string of the molecule is [B]c1ccc2c3c(ccc(Br)c13)C(=O)OC2=O. The standard InChI is InChI=1S/C12H4BBrO3/c13-7-3-1-5-9-6(12(16)17-11(5)15)2-4-8(14)10(7)9/h1-4H. The van der Waals surface area contributed by atoms with Gasteiger partial charge >= 0.3 is 11.9 Å². The van der Waals surface area contributed by atoms with E-state index in [1.165, 1.54) is 0 Å². The van der Waals surface area contributed by atoms with E-state index in [9.17, 15) is 9.59 Å². The molecule has 0 N–H and O–H groups in total. The quantitative estimate of drug-likeness (QED) is 0.421. The lowest BCUT2D eigenvalue weighted by atomic mass is 9.86. The molecule has 0 atom stereocenters. The van der Waals surface area contributed by atoms with Gasteiger partial charge in [0.2, 0.25) is 0 Å². The molecule has 0 aliphatic carbocycles. The number of carbonyl (C=O) groups excluding carboxylic acids is 2. The first-order chi connectivity index (χ1) is 8.09. The highest BCUT2D eigenvalue weighted by Crippen LogP contribution is 2.31. The van der Waals surface area contributed by atoms with Crippen molar-refractivity contribution in [2.45, 2.75) is 0 Å². The molecular formula is C12H4BBrO3. The summed E-state index contributed by atoms with van der Waals surface area (Å²) in [5, 5.41) is 1.23. The molecule has 0 bridgehead atoms. The van der Waals surface area contributed by atoms with Crippen LogP contribution in [0.25, 0.3) is 10.8 Å². The Balaban J connectivity index is 2.61. The topological polar surface area (TPSA) is 43.4 Å². The number of esters is 2. The summed E-state index contributed by atoms with van der Waals surface area (Å²) in [6.07, 6.45) is 0. The monoisotopic (exact) mass is 286 g/mol. The van der Waals surface area contributed by atoms with Gasteiger partial charge in [0.15, 0.2) is 0 Å². The maximum absolute atomic E-state index is 11.6. The minimum atomic E-state index is -0.634. The van der Waals surface area contributed by atoms with Crippen LogP contribution in [-0.2, 0) is 4.74 Å². The minimum absolute atomic E-state index is 0.366. The van der Waals surface area contributed by atoms with Crippen molar-refractivity contribution >= 4 is 52.0 Å². The van der Waals surface area contributed by atoms with Crippen LogP contribution in [0.5, 0.6) is 0 Å². The van der Waals surface area contributed by atoms with Gasteiger partial charge in [0.1, 0.15) is 7.85 Å². The molecule has 17 heavy (non-hydrogen) atoms. The summed E-state index contributed by atoms with van der Waals surface area (Å²) < 4.78 is 5.40. The molecule has 2 radical (unpaired) electrons. The van der Waals surface area contributed by atoms with E-state index in [4.69, 9.17) is 7.85 Å². The van der Waals surface area contributed by atoms with Crippen LogP contribution in [0, 0.1) is 0 Å². The molecule has 1 heterocycles. The summed E-state index contributed by atoms with van der Waals surface area (Å²) in [5.74, 6) is -1.27. The number of cyclic esters (lactones) is 2. The first-order valence-corrected chi connectivity index (χ1v) is 5.66. The van der Waals surface area contributed by atoms with Gasteiger partial charge in [-0.15, -0.1) is 0 Å². The Morgan fingerprint density at radius 1 is 0.941 bits per heavy atom. The predicted octanol–water partition coefficient (Wildman–Crippen LogP) is 1.71. The molecule has 0 unspecified atom stereocenters. The van der Waals surface area contributed by atoms with Crippen molar-refractivity contribution in [1.82, 2.24) is 0 Å². The number of hydrogen-bond acceptors (Lipinski definition) is 3. The van der Waals surface area contributed by atoms with E-state index in [2.05, 4.69) is 20.7 Å². The van der Waals surface area contributed by atoms with E-state index >= 15 is 0 Å². The Morgan fingerprint density at radius 2 is 1.53 bits per heavy atom. The third-order valence-electron chi connectivity index (χ3n) is 2.77. The fourth-order valence-corrected chi connectivity index (χ4v) is 2.57. The summed E-state index contributed by atoms with van der Waals surface area (Å²) >= 11 is 3.37. The molecule has 2 aromatic carbocycles. The Bertz CT molecular complexity index is 639. The summed E-state index contributed by atoms with van der Waals surface area (Å²) in [7, 11) is 5.87. The molecule has 3 rings (SSSR count). The van der Waals surface area contributed by atoms with Crippen LogP contribution in [0.4, 0.5) is 0 Å². The van der Waals surface area contributed by atoms with Crippen molar-refractivity contribution in [3.05, 3.63) is 39.9 Å². The zero-order chi connectivity index (χ0) is 12.2. The van der Waals surface area contributed by atoms with Crippen molar-refractivity contribution in [2.24, 2.45) is 0 Å². The molecule has 5 heteroatoms. The van der Waals surface area contributed by atoms with Crippen LogP contribution < -0.4 is 5.46 Å². The van der Waals surface area contributed by atoms with E-state index in [0.29, 0.717) is 27.4 Å². The van der Waals surface area contributed by atoms with Crippen LogP contribution >= 0.6 is 15.9 Å². The number of hydrogen-bond donors (Lipinski definition) is 0. The molecule has 0 aromatic heterocycles. The van der Waals surface area contributed by atoms with Crippen LogP contribution in [0.2, 0.25) is 0 Å². The molecule has 0 saturated carbocycles. The van der Waals surface area contributed by atoms with Crippen LogP contribution in [0.1, 0.15) is 20.7 Å². The highest BCUT2D eigenvalue weighted by atomic mass is 79.9. The lowest BCUT2D eigenvalue weighted by Gasteiger charge is -2.17. The Morgan fingerprint density at radius 3 is 2.18 bits per heavy atom. The van der Waals surface area contributed by atoms with Crippen molar-refractivity contribution in [3.63, 3.8) is 0 Å². The van der Waals surface area contributed by atoms with Gasteiger partial charge in [-0.2, -0.15) is 0 Å². The summed E-state index contributed by atoms with van der Waals surface area (Å²) in [5.41, 5.74) is 1.25. The van der Waals surface area contributed by atoms with Gasteiger partial charge in [-0.25, -0.2) is 9.59 Å². The normalized spacial score (nSPS) is 13.9. The average molecular weight is 287 g/mol. The third kappa shape index (κ3) is 1.35. The van der Waals surface area contributed by atoms with E-state index in [0.717, 1.165) is 4.47 Å². The second kappa shape index (κ2) is 3.44. The third-order valence-corrected chi connectivity index (χ3v) is 3.43. The highest BCUT2D eigenvalue weighted by molar-refractivity contribution is 9.10. The number of halogens is 1. The van der Waals surface area contributed by atoms with Gasteiger partial charge < -0.3 is 4.74 Å². The van der Waals surface area contributed by atoms with Crippen LogP contribution in [0.3, 0.4) is 0 Å². The number of benzene rings is 2. The second-order valence-corrected chi connectivity index (χ2v) is 4.58. The summed E-state index contributed by atoms with van der Waals surface area (Å²) in [4.78, 5) is 23.2. The highest BCUT2D eigenvalue weighted by Gasteiger charge is 2.28. The fraction of sp³-hybridized carbons (Fsp3) is 0. The smallest absolute Gasteiger partial charge is 0.346 e. The van der Waals surface area contributed by atoms with Crippen molar-refractivity contribution in [1.29, 1.82) is 0 Å².